The van der Waals surface area contributed by atoms with Crippen molar-refractivity contribution in [3.8, 4) is 0 Å². The van der Waals surface area contributed by atoms with Crippen LogP contribution in [0.5, 0.6) is 0 Å². The summed E-state index contributed by atoms with van der Waals surface area (Å²) in [5, 5.41) is 17.3. The van der Waals surface area contributed by atoms with E-state index < -0.39 is 0 Å². The molecule has 0 aliphatic heterocycles. The fraction of sp³-hybridized carbons (Fsp3) is 1.00. The number of hydrogen-bond acceptors (Lipinski definition) is 5. The van der Waals surface area contributed by atoms with Gasteiger partial charge >= 0.3 is 0 Å². The predicted octanol–water partition coefficient (Wildman–Crippen LogP) is 0.537. The summed E-state index contributed by atoms with van der Waals surface area (Å²) in [6.45, 7) is 3.98. The van der Waals surface area contributed by atoms with E-state index in [-0.39, 0.29) is 19.5 Å². The molecule has 0 spiro atoms. The number of hydrogen-bond donors (Lipinski definition) is 2. The molecule has 0 heterocycles. The van der Waals surface area contributed by atoms with Crippen LogP contribution in [0.2, 0.25) is 0 Å². The zero-order valence-corrected chi connectivity index (χ0v) is 10.1. The maximum Gasteiger partial charge on any atom is 0.159 e. The minimum Gasteiger partial charge on any atom is -0.396 e. The molecule has 0 radical (unpaired) electrons. The van der Waals surface area contributed by atoms with Crippen molar-refractivity contribution in [3.63, 3.8) is 0 Å². The highest BCUT2D eigenvalue weighted by atomic mass is 16.7. The molecule has 5 nitrogen and oxygen atoms in total. The highest BCUT2D eigenvalue weighted by Gasteiger charge is 2.07. The molecule has 0 aromatic heterocycles. The van der Waals surface area contributed by atoms with Crippen molar-refractivity contribution in [2.24, 2.45) is 0 Å². The lowest BCUT2D eigenvalue weighted by Gasteiger charge is -2.17. The second-order valence-corrected chi connectivity index (χ2v) is 3.37. The second kappa shape index (κ2) is 12.9. The lowest BCUT2D eigenvalue weighted by Crippen LogP contribution is -2.22. The third-order valence-electron chi connectivity index (χ3n) is 1.93. The van der Waals surface area contributed by atoms with E-state index in [1.165, 1.54) is 0 Å². The molecule has 0 fully saturated rings. The number of rotatable bonds is 12. The van der Waals surface area contributed by atoms with E-state index in [1.807, 2.05) is 0 Å². The topological polar surface area (TPSA) is 68.2 Å². The Hall–Kier alpha value is -0.200. The first-order chi connectivity index (χ1) is 7.85. The summed E-state index contributed by atoms with van der Waals surface area (Å²) in [4.78, 5) is 0. The molecule has 0 saturated carbocycles. The molecular weight excluding hydrogens is 212 g/mol. The van der Waals surface area contributed by atoms with Crippen LogP contribution in [0.3, 0.4) is 0 Å². The summed E-state index contributed by atoms with van der Waals surface area (Å²) >= 11 is 0. The summed E-state index contributed by atoms with van der Waals surface area (Å²) < 4.78 is 15.9. The molecule has 1 unspecified atom stereocenters. The number of aliphatic hydroxyl groups is 2. The second-order valence-electron chi connectivity index (χ2n) is 3.37. The van der Waals surface area contributed by atoms with Gasteiger partial charge in [0.25, 0.3) is 0 Å². The lowest BCUT2D eigenvalue weighted by molar-refractivity contribution is -0.158. The molecule has 5 heteroatoms. The van der Waals surface area contributed by atoms with Crippen molar-refractivity contribution in [2.75, 3.05) is 39.6 Å². The molecule has 98 valence electrons. The van der Waals surface area contributed by atoms with Gasteiger partial charge in [-0.15, -0.1) is 0 Å². The number of aliphatic hydroxyl groups excluding tert-OH is 2. The van der Waals surface area contributed by atoms with Crippen molar-refractivity contribution in [1.29, 1.82) is 0 Å². The fourth-order valence-corrected chi connectivity index (χ4v) is 1.08. The molecule has 1 atom stereocenters. The first kappa shape index (κ1) is 15.8. The standard InChI is InChI=1S/C11H24O5/c1-2-3-7-15-11(4-5-12)16-10-9-14-8-6-13/h11-13H,2-10H2,1H3. The van der Waals surface area contributed by atoms with E-state index >= 15 is 0 Å². The van der Waals surface area contributed by atoms with E-state index in [0.29, 0.717) is 32.8 Å². The van der Waals surface area contributed by atoms with Gasteiger partial charge in [0.15, 0.2) is 6.29 Å². The first-order valence-electron chi connectivity index (χ1n) is 5.87. The van der Waals surface area contributed by atoms with E-state index in [4.69, 9.17) is 24.4 Å². The molecule has 0 aliphatic rings. The highest BCUT2D eigenvalue weighted by molar-refractivity contribution is 4.45. The van der Waals surface area contributed by atoms with Gasteiger partial charge in [-0.3, -0.25) is 0 Å². The molecule has 0 aromatic rings. The molecule has 0 saturated heterocycles. The van der Waals surface area contributed by atoms with Crippen LogP contribution in [-0.4, -0.2) is 56.1 Å². The third kappa shape index (κ3) is 10.3. The van der Waals surface area contributed by atoms with E-state index in [9.17, 15) is 0 Å². The minimum atomic E-state index is -0.353. The van der Waals surface area contributed by atoms with Crippen molar-refractivity contribution in [1.82, 2.24) is 0 Å². The molecule has 0 amide bonds. The first-order valence-corrected chi connectivity index (χ1v) is 5.87. The normalized spacial score (nSPS) is 12.9. The SMILES string of the molecule is CCCCOC(CCO)OCCOCCO. The van der Waals surface area contributed by atoms with Crippen LogP contribution in [0.15, 0.2) is 0 Å². The van der Waals surface area contributed by atoms with E-state index in [2.05, 4.69) is 6.92 Å². The number of unbranched alkanes of at least 4 members (excludes halogenated alkanes) is 1. The Kier molecular flexibility index (Phi) is 12.7. The van der Waals surface area contributed by atoms with Gasteiger partial charge in [0.05, 0.1) is 26.4 Å². The van der Waals surface area contributed by atoms with Gasteiger partial charge in [-0.05, 0) is 6.42 Å². The van der Waals surface area contributed by atoms with Gasteiger partial charge in [0.2, 0.25) is 0 Å². The molecule has 0 aliphatic carbocycles. The van der Waals surface area contributed by atoms with E-state index in [1.54, 1.807) is 0 Å². The van der Waals surface area contributed by atoms with Crippen LogP contribution in [0.4, 0.5) is 0 Å². The van der Waals surface area contributed by atoms with Gasteiger partial charge in [-0.2, -0.15) is 0 Å². The highest BCUT2D eigenvalue weighted by Crippen LogP contribution is 2.02. The Morgan fingerprint density at radius 3 is 2.31 bits per heavy atom. The van der Waals surface area contributed by atoms with E-state index in [0.717, 1.165) is 12.8 Å². The molecule has 2 N–H and O–H groups in total. The van der Waals surface area contributed by atoms with Crippen molar-refractivity contribution in [3.05, 3.63) is 0 Å². The van der Waals surface area contributed by atoms with Crippen LogP contribution in [-0.2, 0) is 14.2 Å². The van der Waals surface area contributed by atoms with Crippen molar-refractivity contribution < 1.29 is 24.4 Å². The minimum absolute atomic E-state index is 0.0209. The smallest absolute Gasteiger partial charge is 0.159 e. The maximum absolute atomic E-state index is 8.81. The Morgan fingerprint density at radius 1 is 0.938 bits per heavy atom. The summed E-state index contributed by atoms with van der Waals surface area (Å²) in [6.07, 6.45) is 2.19. The molecular formula is C11H24O5. The van der Waals surface area contributed by atoms with Gasteiger partial charge in [-0.1, -0.05) is 13.3 Å². The van der Waals surface area contributed by atoms with Gasteiger partial charge < -0.3 is 24.4 Å². The fourth-order valence-electron chi connectivity index (χ4n) is 1.08. The summed E-state index contributed by atoms with van der Waals surface area (Å²) in [7, 11) is 0. The lowest BCUT2D eigenvalue weighted by atomic mass is 10.3. The quantitative estimate of drug-likeness (QED) is 0.382. The molecule has 0 bridgehead atoms. The van der Waals surface area contributed by atoms with Crippen LogP contribution in [0.25, 0.3) is 0 Å². The molecule has 0 rings (SSSR count). The average molecular weight is 236 g/mol. The van der Waals surface area contributed by atoms with Crippen molar-refractivity contribution in [2.45, 2.75) is 32.5 Å². The largest absolute Gasteiger partial charge is 0.396 e. The van der Waals surface area contributed by atoms with Crippen LogP contribution in [0.1, 0.15) is 26.2 Å². The van der Waals surface area contributed by atoms with Crippen LogP contribution >= 0.6 is 0 Å². The summed E-state index contributed by atoms with van der Waals surface area (Å²) in [5.41, 5.74) is 0. The van der Waals surface area contributed by atoms with Crippen molar-refractivity contribution >= 4 is 0 Å². The maximum atomic E-state index is 8.81. The third-order valence-corrected chi connectivity index (χ3v) is 1.93. The zero-order chi connectivity index (χ0) is 12.1. The average Bonchev–Trinajstić information content (AvgIpc) is 2.29. The van der Waals surface area contributed by atoms with Gasteiger partial charge in [0.1, 0.15) is 0 Å². The summed E-state index contributed by atoms with van der Waals surface area (Å²) in [5.74, 6) is 0. The van der Waals surface area contributed by atoms with Crippen LogP contribution < -0.4 is 0 Å². The summed E-state index contributed by atoms with van der Waals surface area (Å²) in [6, 6.07) is 0. The molecule has 0 aromatic carbocycles. The Balaban J connectivity index is 3.43. The zero-order valence-electron chi connectivity index (χ0n) is 10.1. The van der Waals surface area contributed by atoms with Gasteiger partial charge in [0, 0.05) is 19.6 Å². The van der Waals surface area contributed by atoms with Gasteiger partial charge in [-0.25, -0.2) is 0 Å². The number of ether oxygens (including phenoxy) is 3. The van der Waals surface area contributed by atoms with Crippen LogP contribution in [0, 0.1) is 0 Å². The predicted molar refractivity (Wildman–Crippen MR) is 60.2 cm³/mol. The Labute approximate surface area is 97.3 Å². The Morgan fingerprint density at radius 2 is 1.69 bits per heavy atom. The Bertz CT molecular complexity index is 132. The molecule has 16 heavy (non-hydrogen) atoms. The monoisotopic (exact) mass is 236 g/mol.